The number of imide groups is 1. The smallest absolute Gasteiger partial charge is 0.237 e. The number of aryl methyl sites for hydroxylation is 1. The minimum Gasteiger partial charge on any atom is -0.274 e. The van der Waals surface area contributed by atoms with Crippen molar-refractivity contribution in [1.82, 2.24) is 0 Å². The van der Waals surface area contributed by atoms with E-state index in [0.29, 0.717) is 16.6 Å². The second-order valence-electron chi connectivity index (χ2n) is 7.08. The lowest BCUT2D eigenvalue weighted by Gasteiger charge is -2.28. The Morgan fingerprint density at radius 1 is 0.960 bits per heavy atom. The maximum absolute atomic E-state index is 13.0. The summed E-state index contributed by atoms with van der Waals surface area (Å²) < 4.78 is 0. The number of hydrogen-bond acceptors (Lipinski definition) is 2. The third kappa shape index (κ3) is 2.77. The van der Waals surface area contributed by atoms with E-state index in [0.717, 1.165) is 24.8 Å². The first-order valence-corrected chi connectivity index (χ1v) is 9.13. The molecule has 1 saturated carbocycles. The lowest BCUT2D eigenvalue weighted by molar-refractivity contribution is -0.122. The van der Waals surface area contributed by atoms with Crippen LogP contribution in [-0.2, 0) is 9.59 Å². The Morgan fingerprint density at radius 3 is 2.40 bits per heavy atom. The highest BCUT2D eigenvalue weighted by molar-refractivity contribution is 6.32. The van der Waals surface area contributed by atoms with Gasteiger partial charge in [-0.25, -0.2) is 0 Å². The fourth-order valence-corrected chi connectivity index (χ4v) is 4.36. The van der Waals surface area contributed by atoms with E-state index in [1.807, 2.05) is 37.3 Å². The van der Waals surface area contributed by atoms with Crippen molar-refractivity contribution >= 4 is 29.1 Å². The molecule has 3 atom stereocenters. The Bertz CT molecular complexity index is 833. The number of anilines is 1. The quantitative estimate of drug-likeness (QED) is 0.732. The highest BCUT2D eigenvalue weighted by Gasteiger charge is 2.50. The third-order valence-electron chi connectivity index (χ3n) is 5.61. The standard InChI is InChI=1S/C21H20ClNO2/c1-13-7-9-16(12-19(13)22)23-20(24)17-10-8-15(11-18(17)21(23)25)14-5-3-2-4-6-14/h2-7,9,12,15,17-18H,8,10-11H2,1H3. The maximum Gasteiger partial charge on any atom is 0.237 e. The molecule has 1 aliphatic carbocycles. The summed E-state index contributed by atoms with van der Waals surface area (Å²) in [5, 5.41) is 0.579. The summed E-state index contributed by atoms with van der Waals surface area (Å²) in [6, 6.07) is 15.7. The monoisotopic (exact) mass is 353 g/mol. The van der Waals surface area contributed by atoms with Gasteiger partial charge in [0.15, 0.2) is 0 Å². The molecule has 2 aliphatic rings. The second-order valence-corrected chi connectivity index (χ2v) is 7.49. The van der Waals surface area contributed by atoms with Gasteiger partial charge in [-0.15, -0.1) is 0 Å². The molecule has 0 bridgehead atoms. The van der Waals surface area contributed by atoms with Gasteiger partial charge >= 0.3 is 0 Å². The number of benzene rings is 2. The highest BCUT2D eigenvalue weighted by atomic mass is 35.5. The zero-order valence-corrected chi connectivity index (χ0v) is 14.9. The van der Waals surface area contributed by atoms with Gasteiger partial charge in [-0.3, -0.25) is 14.5 Å². The molecule has 4 heteroatoms. The van der Waals surface area contributed by atoms with Crippen molar-refractivity contribution < 1.29 is 9.59 Å². The van der Waals surface area contributed by atoms with Crippen molar-refractivity contribution in [3.8, 4) is 0 Å². The second kappa shape index (κ2) is 6.30. The molecule has 0 N–H and O–H groups in total. The number of carbonyl (C=O) groups is 2. The summed E-state index contributed by atoms with van der Waals surface area (Å²) in [7, 11) is 0. The Hall–Kier alpha value is -2.13. The molecule has 0 radical (unpaired) electrons. The Morgan fingerprint density at radius 2 is 1.68 bits per heavy atom. The number of nitrogens with zero attached hydrogens (tertiary/aromatic N) is 1. The van der Waals surface area contributed by atoms with Crippen molar-refractivity contribution in [3.63, 3.8) is 0 Å². The molecule has 0 spiro atoms. The largest absolute Gasteiger partial charge is 0.274 e. The molecule has 2 aromatic carbocycles. The van der Waals surface area contributed by atoms with Crippen LogP contribution in [0.1, 0.15) is 36.3 Å². The van der Waals surface area contributed by atoms with Gasteiger partial charge in [0.1, 0.15) is 0 Å². The molecule has 25 heavy (non-hydrogen) atoms. The minimum absolute atomic E-state index is 0.0681. The summed E-state index contributed by atoms with van der Waals surface area (Å²) in [5.41, 5.74) is 2.79. The minimum atomic E-state index is -0.216. The lowest BCUT2D eigenvalue weighted by atomic mass is 9.73. The van der Waals surface area contributed by atoms with Crippen LogP contribution in [0.3, 0.4) is 0 Å². The van der Waals surface area contributed by atoms with E-state index in [-0.39, 0.29) is 23.7 Å². The first-order chi connectivity index (χ1) is 12.1. The van der Waals surface area contributed by atoms with E-state index in [1.165, 1.54) is 10.5 Å². The summed E-state index contributed by atoms with van der Waals surface area (Å²) in [4.78, 5) is 27.2. The molecule has 1 heterocycles. The van der Waals surface area contributed by atoms with Gasteiger partial charge in [0.2, 0.25) is 11.8 Å². The number of rotatable bonds is 2. The highest BCUT2D eigenvalue weighted by Crippen LogP contribution is 2.45. The van der Waals surface area contributed by atoms with Crippen molar-refractivity contribution in [2.45, 2.75) is 32.1 Å². The van der Waals surface area contributed by atoms with Crippen LogP contribution in [0, 0.1) is 18.8 Å². The molecule has 4 rings (SSSR count). The van der Waals surface area contributed by atoms with Crippen molar-refractivity contribution in [1.29, 1.82) is 0 Å². The van der Waals surface area contributed by atoms with Gasteiger partial charge in [0.25, 0.3) is 0 Å². The number of carbonyl (C=O) groups excluding carboxylic acids is 2. The summed E-state index contributed by atoms with van der Waals surface area (Å²) >= 11 is 6.19. The average molecular weight is 354 g/mol. The first kappa shape index (κ1) is 16.3. The van der Waals surface area contributed by atoms with Gasteiger partial charge in [-0.1, -0.05) is 48.0 Å². The zero-order valence-electron chi connectivity index (χ0n) is 14.1. The van der Waals surface area contributed by atoms with Crippen LogP contribution in [-0.4, -0.2) is 11.8 Å². The van der Waals surface area contributed by atoms with Crippen LogP contribution in [0.15, 0.2) is 48.5 Å². The average Bonchev–Trinajstić information content (AvgIpc) is 2.89. The summed E-state index contributed by atoms with van der Waals surface area (Å²) in [5.74, 6) is -0.197. The molecule has 3 unspecified atom stereocenters. The van der Waals surface area contributed by atoms with E-state index in [1.54, 1.807) is 6.07 Å². The van der Waals surface area contributed by atoms with Gasteiger partial charge < -0.3 is 0 Å². The molecular formula is C21H20ClNO2. The molecule has 1 saturated heterocycles. The van der Waals surface area contributed by atoms with Gasteiger partial charge in [-0.05, 0) is 55.4 Å². The zero-order chi connectivity index (χ0) is 17.6. The van der Waals surface area contributed by atoms with Crippen LogP contribution in [0.4, 0.5) is 5.69 Å². The molecule has 3 nitrogen and oxygen atoms in total. The Balaban J connectivity index is 1.61. The topological polar surface area (TPSA) is 37.4 Å². The SMILES string of the molecule is Cc1ccc(N2C(=O)C3CCC(c4ccccc4)CC3C2=O)cc1Cl. The maximum atomic E-state index is 13.0. The van der Waals surface area contributed by atoms with Gasteiger partial charge in [-0.2, -0.15) is 0 Å². The molecule has 0 aromatic heterocycles. The van der Waals surface area contributed by atoms with Crippen molar-refractivity contribution in [3.05, 3.63) is 64.7 Å². The molecule has 2 amide bonds. The predicted octanol–water partition coefficient (Wildman–Crippen LogP) is 4.72. The fourth-order valence-electron chi connectivity index (χ4n) is 4.18. The van der Waals surface area contributed by atoms with E-state index in [4.69, 9.17) is 11.6 Å². The molecule has 128 valence electrons. The number of halogens is 1. The summed E-state index contributed by atoms with van der Waals surface area (Å²) in [6.07, 6.45) is 2.47. The molecule has 2 fully saturated rings. The predicted molar refractivity (Wildman–Crippen MR) is 98.7 cm³/mol. The van der Waals surface area contributed by atoms with Crippen molar-refractivity contribution in [2.24, 2.45) is 11.8 Å². The first-order valence-electron chi connectivity index (χ1n) is 8.75. The van der Waals surface area contributed by atoms with Crippen LogP contribution in [0.2, 0.25) is 5.02 Å². The van der Waals surface area contributed by atoms with E-state index >= 15 is 0 Å². The Kier molecular flexibility index (Phi) is 4.12. The summed E-state index contributed by atoms with van der Waals surface area (Å²) in [6.45, 7) is 1.91. The van der Waals surface area contributed by atoms with E-state index < -0.39 is 0 Å². The van der Waals surface area contributed by atoms with Crippen LogP contribution >= 0.6 is 11.6 Å². The van der Waals surface area contributed by atoms with Crippen LogP contribution in [0.5, 0.6) is 0 Å². The van der Waals surface area contributed by atoms with E-state index in [2.05, 4.69) is 12.1 Å². The van der Waals surface area contributed by atoms with Crippen LogP contribution in [0.25, 0.3) is 0 Å². The number of hydrogen-bond donors (Lipinski definition) is 0. The molecule has 2 aromatic rings. The van der Waals surface area contributed by atoms with Crippen molar-refractivity contribution in [2.75, 3.05) is 4.90 Å². The number of amides is 2. The number of fused-ring (bicyclic) bond motifs is 1. The molecule has 1 aliphatic heterocycles. The fraction of sp³-hybridized carbons (Fsp3) is 0.333. The lowest BCUT2D eigenvalue weighted by Crippen LogP contribution is -2.30. The van der Waals surface area contributed by atoms with E-state index in [9.17, 15) is 9.59 Å². The Labute approximate surface area is 152 Å². The normalized spacial score (nSPS) is 26.0. The molecular weight excluding hydrogens is 334 g/mol. The van der Waals surface area contributed by atoms with Gasteiger partial charge in [0.05, 0.1) is 17.5 Å². The van der Waals surface area contributed by atoms with Gasteiger partial charge in [0, 0.05) is 5.02 Å². The third-order valence-corrected chi connectivity index (χ3v) is 6.02. The van der Waals surface area contributed by atoms with Crippen LogP contribution < -0.4 is 4.90 Å².